The molecule has 1 amide bonds. The number of hydrogen-bond donors (Lipinski definition) is 2. The molecule has 0 spiro atoms. The van der Waals surface area contributed by atoms with E-state index in [4.69, 9.17) is 4.74 Å². The Labute approximate surface area is 192 Å². The summed E-state index contributed by atoms with van der Waals surface area (Å²) >= 11 is 0. The summed E-state index contributed by atoms with van der Waals surface area (Å²) in [6.07, 6.45) is 7.50. The van der Waals surface area contributed by atoms with Gasteiger partial charge in [0, 0.05) is 18.9 Å². The Bertz CT molecular complexity index is 877. The number of ether oxygens (including phenoxy) is 1. The molecule has 2 rings (SSSR count). The molecule has 0 radical (unpaired) electrons. The number of allylic oxidation sites excluding steroid dienone is 5. The smallest absolute Gasteiger partial charge is 0.416 e. The van der Waals surface area contributed by atoms with Gasteiger partial charge in [-0.1, -0.05) is 36.4 Å². The van der Waals surface area contributed by atoms with Crippen molar-refractivity contribution >= 4 is 11.7 Å². The zero-order chi connectivity index (χ0) is 24.3. The van der Waals surface area contributed by atoms with Gasteiger partial charge in [-0.2, -0.15) is 13.2 Å². The van der Waals surface area contributed by atoms with E-state index in [1.54, 1.807) is 6.08 Å². The largest absolute Gasteiger partial charge is 0.491 e. The number of amides is 1. The Morgan fingerprint density at radius 3 is 2.82 bits per heavy atom. The number of halogens is 3. The number of nitrogens with one attached hydrogen (secondary N) is 1. The van der Waals surface area contributed by atoms with Gasteiger partial charge in [-0.15, -0.1) is 0 Å². The number of rotatable bonds is 12. The van der Waals surface area contributed by atoms with Crippen LogP contribution in [0, 0.1) is 11.8 Å². The lowest BCUT2D eigenvalue weighted by Crippen LogP contribution is -2.21. The number of carbonyl (C=O) groups is 2. The number of unbranched alkanes of at least 4 members (excludes halogenated alkanes) is 1. The molecule has 180 valence electrons. The first-order chi connectivity index (χ1) is 15.7. The first-order valence-electron chi connectivity index (χ1n) is 11.0. The molecule has 1 aliphatic carbocycles. The summed E-state index contributed by atoms with van der Waals surface area (Å²) in [6, 6.07) is 4.44. The average Bonchev–Trinajstić information content (AvgIpc) is 3.12. The third kappa shape index (κ3) is 9.26. The van der Waals surface area contributed by atoms with E-state index >= 15 is 0 Å². The maximum atomic E-state index is 12.8. The maximum Gasteiger partial charge on any atom is 0.416 e. The topological polar surface area (TPSA) is 75.6 Å². The fourth-order valence-corrected chi connectivity index (χ4v) is 3.41. The molecular weight excluding hydrogens is 435 g/mol. The number of aliphatic hydroxyl groups excluding tert-OH is 1. The molecule has 1 aromatic rings. The van der Waals surface area contributed by atoms with Gasteiger partial charge in [0.25, 0.3) is 0 Å². The molecule has 3 atom stereocenters. The summed E-state index contributed by atoms with van der Waals surface area (Å²) in [5, 5.41) is 12.9. The van der Waals surface area contributed by atoms with Crippen LogP contribution >= 0.6 is 0 Å². The third-order valence-corrected chi connectivity index (χ3v) is 5.14. The second-order valence-corrected chi connectivity index (χ2v) is 7.79. The van der Waals surface area contributed by atoms with Crippen molar-refractivity contribution in [1.29, 1.82) is 0 Å². The number of aliphatic hydroxyl groups is 1. The minimum absolute atomic E-state index is 0.00562. The fraction of sp³-hybridized carbons (Fsp3) is 0.440. The predicted octanol–water partition coefficient (Wildman–Crippen LogP) is 4.63. The molecule has 0 saturated heterocycles. The van der Waals surface area contributed by atoms with Gasteiger partial charge in [0.15, 0.2) is 5.78 Å². The third-order valence-electron chi connectivity index (χ3n) is 5.14. The molecule has 2 N–H and O–H groups in total. The Kier molecular flexibility index (Phi) is 10.4. The molecule has 1 aliphatic rings. The van der Waals surface area contributed by atoms with Crippen LogP contribution in [0.5, 0.6) is 5.75 Å². The SMILES string of the molecule is CCNC(=O)CCC/C=C\C[C@H]1C=CC(=O)[C@@H]1/C=C/[C@@H](O)COc1cccc(C(F)(F)F)c1. The summed E-state index contributed by atoms with van der Waals surface area (Å²) in [5.74, 6) is -0.466. The van der Waals surface area contributed by atoms with Crippen molar-refractivity contribution in [3.05, 3.63) is 66.3 Å². The molecule has 1 aromatic carbocycles. The monoisotopic (exact) mass is 465 g/mol. The Morgan fingerprint density at radius 1 is 1.30 bits per heavy atom. The minimum Gasteiger partial charge on any atom is -0.491 e. The van der Waals surface area contributed by atoms with Gasteiger partial charge in [0.1, 0.15) is 18.5 Å². The van der Waals surface area contributed by atoms with Gasteiger partial charge in [0.2, 0.25) is 5.91 Å². The van der Waals surface area contributed by atoms with E-state index in [0.717, 1.165) is 25.0 Å². The highest BCUT2D eigenvalue weighted by Gasteiger charge is 2.30. The van der Waals surface area contributed by atoms with Crippen molar-refractivity contribution in [2.75, 3.05) is 13.2 Å². The standard InChI is InChI=1S/C25H30F3NO4/c1-2-29-24(32)11-6-4-3-5-8-18-12-15-23(31)22(18)14-13-20(30)17-33-21-10-7-9-19(16-21)25(26,27)28/h3,5,7,9-10,12-16,18,20,22,30H,2,4,6,8,11,17H2,1H3,(H,29,32)/b5-3-,14-13+/t18-,20+,22+/m0/s1. The molecule has 0 bridgehead atoms. The molecule has 0 aromatic heterocycles. The Balaban J connectivity index is 1.79. The molecule has 0 aliphatic heterocycles. The average molecular weight is 466 g/mol. The van der Waals surface area contributed by atoms with Crippen LogP contribution in [0.1, 0.15) is 38.2 Å². The van der Waals surface area contributed by atoms with Crippen molar-refractivity contribution in [3.8, 4) is 5.75 Å². The Hall–Kier alpha value is -2.87. The van der Waals surface area contributed by atoms with Crippen LogP contribution in [0.25, 0.3) is 0 Å². The van der Waals surface area contributed by atoms with Gasteiger partial charge in [0.05, 0.1) is 5.56 Å². The number of ketones is 1. The van der Waals surface area contributed by atoms with E-state index < -0.39 is 23.8 Å². The van der Waals surface area contributed by atoms with Crippen LogP contribution in [-0.2, 0) is 15.8 Å². The van der Waals surface area contributed by atoms with Crippen molar-refractivity contribution in [3.63, 3.8) is 0 Å². The predicted molar refractivity (Wildman–Crippen MR) is 120 cm³/mol. The van der Waals surface area contributed by atoms with Gasteiger partial charge in [-0.25, -0.2) is 0 Å². The highest BCUT2D eigenvalue weighted by molar-refractivity contribution is 5.95. The summed E-state index contributed by atoms with van der Waals surface area (Å²) in [6.45, 7) is 2.27. The molecular formula is C25H30F3NO4. The second-order valence-electron chi connectivity index (χ2n) is 7.79. The van der Waals surface area contributed by atoms with Crippen LogP contribution < -0.4 is 10.1 Å². The van der Waals surface area contributed by atoms with E-state index in [1.165, 1.54) is 24.3 Å². The highest BCUT2D eigenvalue weighted by atomic mass is 19.4. The van der Waals surface area contributed by atoms with Crippen molar-refractivity contribution < 1.29 is 32.6 Å². The van der Waals surface area contributed by atoms with E-state index in [-0.39, 0.29) is 30.0 Å². The lowest BCUT2D eigenvalue weighted by Gasteiger charge is -2.14. The Morgan fingerprint density at radius 2 is 2.09 bits per heavy atom. The normalized spacial score (nSPS) is 19.5. The maximum absolute atomic E-state index is 12.8. The molecule has 33 heavy (non-hydrogen) atoms. The molecule has 0 saturated carbocycles. The molecule has 0 heterocycles. The summed E-state index contributed by atoms with van der Waals surface area (Å²) in [5.41, 5.74) is -0.826. The van der Waals surface area contributed by atoms with Crippen molar-refractivity contribution in [1.82, 2.24) is 5.32 Å². The molecule has 0 fully saturated rings. The second kappa shape index (κ2) is 13.0. The van der Waals surface area contributed by atoms with Crippen LogP contribution in [-0.4, -0.2) is 36.1 Å². The lowest BCUT2D eigenvalue weighted by molar-refractivity contribution is -0.137. The molecule has 0 unspecified atom stereocenters. The molecule has 8 heteroatoms. The number of carbonyl (C=O) groups excluding carboxylic acids is 2. The quantitative estimate of drug-likeness (QED) is 0.349. The summed E-state index contributed by atoms with van der Waals surface area (Å²) < 4.78 is 43.6. The molecule has 5 nitrogen and oxygen atoms in total. The van der Waals surface area contributed by atoms with Gasteiger partial charge in [-0.05, 0) is 56.4 Å². The van der Waals surface area contributed by atoms with Crippen LogP contribution in [0.15, 0.2) is 60.7 Å². The summed E-state index contributed by atoms with van der Waals surface area (Å²) in [4.78, 5) is 23.6. The fourth-order valence-electron chi connectivity index (χ4n) is 3.41. The summed E-state index contributed by atoms with van der Waals surface area (Å²) in [7, 11) is 0. The van der Waals surface area contributed by atoms with Crippen LogP contribution in [0.3, 0.4) is 0 Å². The van der Waals surface area contributed by atoms with Gasteiger partial charge >= 0.3 is 6.18 Å². The lowest BCUT2D eigenvalue weighted by atomic mass is 9.91. The first kappa shape index (κ1) is 26.4. The van der Waals surface area contributed by atoms with Crippen LogP contribution in [0.2, 0.25) is 0 Å². The van der Waals surface area contributed by atoms with E-state index in [9.17, 15) is 27.9 Å². The minimum atomic E-state index is -4.47. The van der Waals surface area contributed by atoms with E-state index in [1.807, 2.05) is 25.2 Å². The first-order valence-corrected chi connectivity index (χ1v) is 11.0. The van der Waals surface area contributed by atoms with Crippen molar-refractivity contribution in [2.45, 2.75) is 44.9 Å². The zero-order valence-electron chi connectivity index (χ0n) is 18.6. The zero-order valence-corrected chi connectivity index (χ0v) is 18.6. The number of alkyl halides is 3. The van der Waals surface area contributed by atoms with Gasteiger partial charge < -0.3 is 15.2 Å². The number of hydrogen-bond acceptors (Lipinski definition) is 4. The number of benzene rings is 1. The van der Waals surface area contributed by atoms with E-state index in [2.05, 4.69) is 5.32 Å². The highest BCUT2D eigenvalue weighted by Crippen LogP contribution is 2.31. The van der Waals surface area contributed by atoms with Crippen molar-refractivity contribution in [2.24, 2.45) is 11.8 Å². The van der Waals surface area contributed by atoms with Crippen LogP contribution in [0.4, 0.5) is 13.2 Å². The van der Waals surface area contributed by atoms with E-state index in [0.29, 0.717) is 19.4 Å². The van der Waals surface area contributed by atoms with Gasteiger partial charge in [-0.3, -0.25) is 9.59 Å².